The van der Waals surface area contributed by atoms with Gasteiger partial charge in [0.2, 0.25) is 5.91 Å². The average Bonchev–Trinajstić information content (AvgIpc) is 3.02. The number of nitrogens with zero attached hydrogens (tertiary/aromatic N) is 3. The van der Waals surface area contributed by atoms with Crippen molar-refractivity contribution < 1.29 is 19.2 Å². The summed E-state index contributed by atoms with van der Waals surface area (Å²) in [5.74, 6) is -0.749. The highest BCUT2D eigenvalue weighted by atomic mass is 16.2. The van der Waals surface area contributed by atoms with E-state index in [0.717, 1.165) is 48.4 Å². The number of hydrogen-bond acceptors (Lipinski definition) is 5. The normalized spacial score (nSPS) is 23.8. The van der Waals surface area contributed by atoms with Gasteiger partial charge in [-0.15, -0.1) is 0 Å². The average molecular weight is 368 g/mol. The van der Waals surface area contributed by atoms with E-state index in [0.29, 0.717) is 18.5 Å². The number of benzene rings is 1. The first-order valence-corrected chi connectivity index (χ1v) is 9.31. The van der Waals surface area contributed by atoms with Crippen molar-refractivity contribution in [3.8, 4) is 0 Å². The van der Waals surface area contributed by atoms with Crippen molar-refractivity contribution in [2.75, 3.05) is 18.0 Å². The van der Waals surface area contributed by atoms with Crippen molar-refractivity contribution in [3.05, 3.63) is 36.4 Å². The van der Waals surface area contributed by atoms with Gasteiger partial charge < -0.3 is 14.6 Å². The summed E-state index contributed by atoms with van der Waals surface area (Å²) in [6, 6.07) is 5.13. The molecule has 3 heterocycles. The first kappa shape index (κ1) is 17.7. The molecule has 0 spiro atoms. The molecule has 1 unspecified atom stereocenters. The minimum absolute atomic E-state index is 0.137. The molecule has 1 atom stereocenters. The van der Waals surface area contributed by atoms with Crippen molar-refractivity contribution in [2.24, 2.45) is 5.92 Å². The summed E-state index contributed by atoms with van der Waals surface area (Å²) in [6.07, 6.45) is 3.28. The standard InChI is InChI=1S/C20H22N3O4/c1-21-18(25)5-4-17(20(21)27)23-11-14-10-15(2-3-16(14)19(23)26)22-8-6-13(12-24)7-9-22/h2-3,10,12-13,17H,1,4-9,11H2. The molecule has 27 heavy (non-hydrogen) atoms. The molecule has 0 aliphatic carbocycles. The Hall–Kier alpha value is -2.70. The summed E-state index contributed by atoms with van der Waals surface area (Å²) in [5, 5.41) is 0. The number of rotatable bonds is 3. The van der Waals surface area contributed by atoms with E-state index in [4.69, 9.17) is 0 Å². The van der Waals surface area contributed by atoms with Crippen LogP contribution < -0.4 is 4.90 Å². The fourth-order valence-corrected chi connectivity index (χ4v) is 4.18. The Kier molecular flexibility index (Phi) is 4.45. The Morgan fingerprint density at radius 3 is 2.52 bits per heavy atom. The smallest absolute Gasteiger partial charge is 0.255 e. The van der Waals surface area contributed by atoms with Gasteiger partial charge in [-0.3, -0.25) is 19.3 Å². The van der Waals surface area contributed by atoms with Crippen LogP contribution in [0, 0.1) is 13.0 Å². The topological polar surface area (TPSA) is 78.0 Å². The molecule has 0 aromatic heterocycles. The van der Waals surface area contributed by atoms with Gasteiger partial charge in [0.05, 0.1) is 0 Å². The highest BCUT2D eigenvalue weighted by Gasteiger charge is 2.41. The molecule has 0 saturated carbocycles. The highest BCUT2D eigenvalue weighted by molar-refractivity contribution is 6.05. The second-order valence-corrected chi connectivity index (χ2v) is 7.45. The zero-order valence-electron chi connectivity index (χ0n) is 15.1. The molecule has 1 aromatic rings. The molecule has 1 radical (unpaired) electrons. The van der Waals surface area contributed by atoms with Crippen molar-refractivity contribution in [3.63, 3.8) is 0 Å². The Labute approximate surface area is 157 Å². The second kappa shape index (κ2) is 6.79. The zero-order valence-corrected chi connectivity index (χ0v) is 15.1. The van der Waals surface area contributed by atoms with E-state index in [-0.39, 0.29) is 24.2 Å². The van der Waals surface area contributed by atoms with Gasteiger partial charge in [0.1, 0.15) is 12.3 Å². The van der Waals surface area contributed by atoms with Gasteiger partial charge in [-0.2, -0.15) is 0 Å². The van der Waals surface area contributed by atoms with Gasteiger partial charge in [0, 0.05) is 50.3 Å². The molecule has 0 bridgehead atoms. The van der Waals surface area contributed by atoms with Crippen LogP contribution in [0.15, 0.2) is 18.2 Å². The summed E-state index contributed by atoms with van der Waals surface area (Å²) < 4.78 is 0. The van der Waals surface area contributed by atoms with Crippen LogP contribution in [0.25, 0.3) is 0 Å². The van der Waals surface area contributed by atoms with E-state index in [2.05, 4.69) is 11.9 Å². The van der Waals surface area contributed by atoms with Gasteiger partial charge in [0.15, 0.2) is 0 Å². The number of amides is 3. The molecule has 2 saturated heterocycles. The number of fused-ring (bicyclic) bond motifs is 1. The number of aldehydes is 1. The summed E-state index contributed by atoms with van der Waals surface area (Å²) in [7, 11) is 3.51. The lowest BCUT2D eigenvalue weighted by Gasteiger charge is -2.33. The fraction of sp³-hybridized carbons (Fsp3) is 0.450. The molecule has 7 nitrogen and oxygen atoms in total. The Bertz CT molecular complexity index is 813. The predicted molar refractivity (Wildman–Crippen MR) is 97.5 cm³/mol. The molecule has 3 aliphatic rings. The quantitative estimate of drug-likeness (QED) is 0.595. The SMILES string of the molecule is [CH2]N1C(=O)CCC(N2Cc3cc(N4CCC(C=O)CC4)ccc3C2=O)C1=O. The summed E-state index contributed by atoms with van der Waals surface area (Å²) >= 11 is 0. The maximum Gasteiger partial charge on any atom is 0.255 e. The first-order valence-electron chi connectivity index (χ1n) is 9.31. The van der Waals surface area contributed by atoms with Gasteiger partial charge in [-0.1, -0.05) is 0 Å². The van der Waals surface area contributed by atoms with Crippen molar-refractivity contribution in [1.82, 2.24) is 9.80 Å². The Morgan fingerprint density at radius 1 is 1.07 bits per heavy atom. The van der Waals surface area contributed by atoms with E-state index in [1.807, 2.05) is 18.2 Å². The van der Waals surface area contributed by atoms with Crippen LogP contribution in [-0.4, -0.2) is 52.9 Å². The van der Waals surface area contributed by atoms with Crippen molar-refractivity contribution in [1.29, 1.82) is 0 Å². The van der Waals surface area contributed by atoms with Crippen LogP contribution in [-0.2, 0) is 20.9 Å². The molecule has 0 N–H and O–H groups in total. The number of anilines is 1. The summed E-state index contributed by atoms with van der Waals surface area (Å²) in [4.78, 5) is 52.4. The second-order valence-electron chi connectivity index (χ2n) is 7.45. The van der Waals surface area contributed by atoms with E-state index < -0.39 is 11.9 Å². The highest BCUT2D eigenvalue weighted by Crippen LogP contribution is 2.32. The monoisotopic (exact) mass is 368 g/mol. The first-order chi connectivity index (χ1) is 13.0. The van der Waals surface area contributed by atoms with Crippen molar-refractivity contribution in [2.45, 2.75) is 38.3 Å². The molecule has 3 amide bonds. The number of likely N-dealkylation sites (tertiary alicyclic amines) is 1. The molecule has 2 fully saturated rings. The summed E-state index contributed by atoms with van der Waals surface area (Å²) in [5.41, 5.74) is 2.55. The minimum atomic E-state index is -0.633. The maximum absolute atomic E-state index is 12.8. The van der Waals surface area contributed by atoms with Crippen LogP contribution in [0.4, 0.5) is 5.69 Å². The molecule has 7 heteroatoms. The van der Waals surface area contributed by atoms with E-state index in [1.54, 1.807) is 4.90 Å². The number of imide groups is 1. The van der Waals surface area contributed by atoms with Crippen LogP contribution in [0.5, 0.6) is 0 Å². The van der Waals surface area contributed by atoms with Crippen molar-refractivity contribution >= 4 is 29.7 Å². The third kappa shape index (κ3) is 3.01. The third-order valence-electron chi connectivity index (χ3n) is 5.88. The van der Waals surface area contributed by atoms with Crippen LogP contribution in [0.3, 0.4) is 0 Å². The molecule has 1 aromatic carbocycles. The molecule has 3 aliphatic heterocycles. The van der Waals surface area contributed by atoms with E-state index in [9.17, 15) is 19.2 Å². The fourth-order valence-electron chi connectivity index (χ4n) is 4.18. The van der Waals surface area contributed by atoms with Gasteiger partial charge in [0.25, 0.3) is 11.8 Å². The van der Waals surface area contributed by atoms with E-state index in [1.165, 1.54) is 0 Å². The predicted octanol–water partition coefficient (Wildman–Crippen LogP) is 1.37. The Morgan fingerprint density at radius 2 is 1.81 bits per heavy atom. The number of piperidine rings is 2. The number of carbonyl (C=O) groups is 4. The maximum atomic E-state index is 12.8. The molecule has 4 rings (SSSR count). The lowest BCUT2D eigenvalue weighted by molar-refractivity contribution is -0.148. The lowest BCUT2D eigenvalue weighted by Crippen LogP contribution is -2.52. The summed E-state index contributed by atoms with van der Waals surface area (Å²) in [6.45, 7) is 2.00. The van der Waals surface area contributed by atoms with Crippen LogP contribution in [0.1, 0.15) is 41.6 Å². The molecular weight excluding hydrogens is 346 g/mol. The number of carbonyl (C=O) groups excluding carboxylic acids is 4. The Balaban J connectivity index is 1.52. The van der Waals surface area contributed by atoms with Gasteiger partial charge >= 0.3 is 0 Å². The van der Waals surface area contributed by atoms with Gasteiger partial charge in [-0.25, -0.2) is 0 Å². The molecular formula is C20H22N3O4. The largest absolute Gasteiger partial charge is 0.371 e. The van der Waals surface area contributed by atoms with Crippen LogP contribution in [0.2, 0.25) is 0 Å². The zero-order chi connectivity index (χ0) is 19.1. The van der Waals surface area contributed by atoms with E-state index >= 15 is 0 Å². The number of hydrogen-bond donors (Lipinski definition) is 0. The van der Waals surface area contributed by atoms with Crippen LogP contribution >= 0.6 is 0 Å². The third-order valence-corrected chi connectivity index (χ3v) is 5.88. The molecule has 141 valence electrons. The minimum Gasteiger partial charge on any atom is -0.371 e. The lowest BCUT2D eigenvalue weighted by atomic mass is 9.97. The van der Waals surface area contributed by atoms with Gasteiger partial charge in [-0.05, 0) is 43.0 Å².